The van der Waals surface area contributed by atoms with Crippen molar-refractivity contribution in [3.05, 3.63) is 52.1 Å². The highest BCUT2D eigenvalue weighted by Crippen LogP contribution is 2.21. The number of rotatable bonds is 7. The second kappa shape index (κ2) is 8.03. The van der Waals surface area contributed by atoms with Gasteiger partial charge in [0.2, 0.25) is 0 Å². The lowest BCUT2D eigenvalue weighted by atomic mass is 10.3. The Bertz CT molecular complexity index is 1170. The van der Waals surface area contributed by atoms with Gasteiger partial charge >= 0.3 is 11.7 Å². The number of nitrogens with zero attached hydrogens (tertiary/aromatic N) is 2. The minimum atomic E-state index is -3.97. The molecule has 0 amide bonds. The number of anilines is 1. The van der Waals surface area contributed by atoms with E-state index in [2.05, 4.69) is 9.71 Å². The third kappa shape index (κ3) is 4.34. The number of pyridine rings is 1. The Balaban J connectivity index is 1.89. The highest BCUT2D eigenvalue weighted by Gasteiger charge is 2.19. The van der Waals surface area contributed by atoms with Gasteiger partial charge < -0.3 is 9.15 Å². The van der Waals surface area contributed by atoms with Gasteiger partial charge in [-0.1, -0.05) is 18.5 Å². The molecule has 1 N–H and O–H groups in total. The Morgan fingerprint density at radius 1 is 1.32 bits per heavy atom. The van der Waals surface area contributed by atoms with Crippen molar-refractivity contribution in [1.82, 2.24) is 9.55 Å². The van der Waals surface area contributed by atoms with Gasteiger partial charge in [-0.15, -0.1) is 0 Å². The van der Waals surface area contributed by atoms with Crippen molar-refractivity contribution < 1.29 is 22.4 Å². The molecule has 3 aromatic rings. The number of ether oxygens (including phenoxy) is 1. The Morgan fingerprint density at radius 3 is 2.79 bits per heavy atom. The Hall–Kier alpha value is -2.85. The van der Waals surface area contributed by atoms with E-state index >= 15 is 0 Å². The van der Waals surface area contributed by atoms with Crippen LogP contribution in [0.5, 0.6) is 0 Å². The van der Waals surface area contributed by atoms with Crippen LogP contribution in [0.3, 0.4) is 0 Å². The molecule has 0 unspecified atom stereocenters. The molecule has 0 saturated heterocycles. The van der Waals surface area contributed by atoms with Crippen LogP contribution in [0.4, 0.5) is 5.82 Å². The van der Waals surface area contributed by atoms with Gasteiger partial charge in [0.05, 0.1) is 22.0 Å². The largest absolute Gasteiger partial charge is 0.464 e. The lowest BCUT2D eigenvalue weighted by Crippen LogP contribution is -2.21. The maximum Gasteiger partial charge on any atom is 0.420 e. The standard InChI is InChI=1S/C17H16ClN3O6S/c1-2-7-26-16(22)10-21-13-5-4-12(8-14(13)27-17(21)23)28(24,25)20-15-6-3-11(18)9-19-15/h3-6,8-9H,2,7,10H2,1H3,(H,19,20). The van der Waals surface area contributed by atoms with E-state index in [1.54, 1.807) is 0 Å². The fraction of sp³-hybridized carbons (Fsp3) is 0.235. The monoisotopic (exact) mass is 425 g/mol. The van der Waals surface area contributed by atoms with Crippen LogP contribution in [-0.2, 0) is 26.1 Å². The van der Waals surface area contributed by atoms with Gasteiger partial charge in [0.1, 0.15) is 12.4 Å². The van der Waals surface area contributed by atoms with Crippen LogP contribution in [-0.4, -0.2) is 30.5 Å². The Labute approximate surface area is 164 Å². The SMILES string of the molecule is CCCOC(=O)Cn1c(=O)oc2cc(S(=O)(=O)Nc3ccc(Cl)cn3)ccc21. The molecule has 0 aliphatic heterocycles. The van der Waals surface area contributed by atoms with Gasteiger partial charge in [0.25, 0.3) is 10.0 Å². The first-order chi connectivity index (χ1) is 13.3. The molecule has 0 aliphatic carbocycles. The number of hydrogen-bond donors (Lipinski definition) is 1. The lowest BCUT2D eigenvalue weighted by Gasteiger charge is -2.07. The topological polar surface area (TPSA) is 120 Å². The summed E-state index contributed by atoms with van der Waals surface area (Å²) in [7, 11) is -3.97. The van der Waals surface area contributed by atoms with Crippen LogP contribution in [0.2, 0.25) is 5.02 Å². The van der Waals surface area contributed by atoms with Crippen molar-refractivity contribution in [2.24, 2.45) is 0 Å². The molecular weight excluding hydrogens is 410 g/mol. The fourth-order valence-corrected chi connectivity index (χ4v) is 3.52. The molecule has 28 heavy (non-hydrogen) atoms. The van der Waals surface area contributed by atoms with E-state index in [0.29, 0.717) is 11.4 Å². The predicted octanol–water partition coefficient (Wildman–Crippen LogP) is 2.40. The average Bonchev–Trinajstić information content (AvgIpc) is 2.96. The third-order valence-electron chi connectivity index (χ3n) is 3.67. The highest BCUT2D eigenvalue weighted by molar-refractivity contribution is 7.92. The van der Waals surface area contributed by atoms with Crippen LogP contribution in [0, 0.1) is 0 Å². The van der Waals surface area contributed by atoms with Gasteiger partial charge in [0.15, 0.2) is 5.58 Å². The van der Waals surface area contributed by atoms with Gasteiger partial charge in [0, 0.05) is 12.3 Å². The van der Waals surface area contributed by atoms with Crippen LogP contribution in [0.25, 0.3) is 11.1 Å². The summed E-state index contributed by atoms with van der Waals surface area (Å²) < 4.78 is 38.5. The molecule has 0 spiro atoms. The summed E-state index contributed by atoms with van der Waals surface area (Å²) in [5.41, 5.74) is 0.308. The molecule has 0 radical (unpaired) electrons. The number of oxazole rings is 1. The lowest BCUT2D eigenvalue weighted by molar-refractivity contribution is -0.144. The zero-order valence-corrected chi connectivity index (χ0v) is 16.3. The second-order valence-electron chi connectivity index (χ2n) is 5.77. The minimum absolute atomic E-state index is 0.0280. The first kappa shape index (κ1) is 19.9. The van der Waals surface area contributed by atoms with Gasteiger partial charge in [-0.2, -0.15) is 0 Å². The summed E-state index contributed by atoms with van der Waals surface area (Å²) in [6.07, 6.45) is 1.96. The smallest absolute Gasteiger partial charge is 0.420 e. The molecule has 11 heteroatoms. The van der Waals surface area contributed by atoms with E-state index in [-0.39, 0.29) is 35.0 Å². The van der Waals surface area contributed by atoms with Gasteiger partial charge in [-0.3, -0.25) is 14.1 Å². The van der Waals surface area contributed by atoms with Crippen molar-refractivity contribution in [1.29, 1.82) is 0 Å². The molecule has 9 nitrogen and oxygen atoms in total. The second-order valence-corrected chi connectivity index (χ2v) is 7.89. The number of hydrogen-bond acceptors (Lipinski definition) is 7. The first-order valence-corrected chi connectivity index (χ1v) is 10.1. The number of halogens is 1. The van der Waals surface area contributed by atoms with Gasteiger partial charge in [-0.05, 0) is 30.7 Å². The summed E-state index contributed by atoms with van der Waals surface area (Å²) >= 11 is 5.73. The quantitative estimate of drug-likeness (QED) is 0.577. The molecule has 0 atom stereocenters. The van der Waals surface area contributed by atoms with E-state index in [0.717, 1.165) is 4.57 Å². The number of fused-ring (bicyclic) bond motifs is 1. The third-order valence-corrected chi connectivity index (χ3v) is 5.25. The molecule has 2 heterocycles. The van der Waals surface area contributed by atoms with E-state index in [4.69, 9.17) is 20.8 Å². The van der Waals surface area contributed by atoms with Crippen molar-refractivity contribution >= 4 is 44.5 Å². The molecule has 148 valence electrons. The summed E-state index contributed by atoms with van der Waals surface area (Å²) in [6.45, 7) is 1.77. The Morgan fingerprint density at radius 2 is 2.11 bits per heavy atom. The van der Waals surface area contributed by atoms with Crippen molar-refractivity contribution in [2.75, 3.05) is 11.3 Å². The summed E-state index contributed by atoms with van der Waals surface area (Å²) in [5.74, 6) is -1.29. The van der Waals surface area contributed by atoms with Crippen molar-refractivity contribution in [2.45, 2.75) is 24.8 Å². The molecule has 0 fully saturated rings. The highest BCUT2D eigenvalue weighted by atomic mass is 35.5. The normalized spacial score (nSPS) is 11.5. The zero-order valence-electron chi connectivity index (χ0n) is 14.7. The van der Waals surface area contributed by atoms with Gasteiger partial charge in [-0.25, -0.2) is 18.2 Å². The fourth-order valence-electron chi connectivity index (χ4n) is 2.39. The summed E-state index contributed by atoms with van der Waals surface area (Å²) in [4.78, 5) is 27.5. The first-order valence-electron chi connectivity index (χ1n) is 8.23. The number of carbonyl (C=O) groups excluding carboxylic acids is 1. The molecule has 0 aliphatic rings. The van der Waals surface area contributed by atoms with E-state index < -0.39 is 21.7 Å². The minimum Gasteiger partial charge on any atom is -0.464 e. The van der Waals surface area contributed by atoms with Crippen molar-refractivity contribution in [3.63, 3.8) is 0 Å². The number of esters is 1. The number of carbonyl (C=O) groups is 1. The molecule has 0 bridgehead atoms. The number of benzene rings is 1. The Kier molecular flexibility index (Phi) is 5.71. The predicted molar refractivity (Wildman–Crippen MR) is 102 cm³/mol. The molecular formula is C17H16ClN3O6S. The number of aromatic nitrogens is 2. The maximum absolute atomic E-state index is 12.5. The van der Waals surface area contributed by atoms with E-state index in [1.165, 1.54) is 36.5 Å². The summed E-state index contributed by atoms with van der Waals surface area (Å²) in [5, 5.41) is 0.366. The molecule has 3 rings (SSSR count). The summed E-state index contributed by atoms with van der Waals surface area (Å²) in [6, 6.07) is 6.78. The van der Waals surface area contributed by atoms with Crippen molar-refractivity contribution in [3.8, 4) is 0 Å². The van der Waals surface area contributed by atoms with E-state index in [9.17, 15) is 18.0 Å². The molecule has 1 aromatic carbocycles. The molecule has 0 saturated carbocycles. The maximum atomic E-state index is 12.5. The zero-order chi connectivity index (χ0) is 20.3. The van der Waals surface area contributed by atoms with Crippen LogP contribution in [0.15, 0.2) is 50.6 Å². The van der Waals surface area contributed by atoms with Crippen LogP contribution >= 0.6 is 11.6 Å². The number of nitrogens with one attached hydrogen (secondary N) is 1. The van der Waals surface area contributed by atoms with Crippen LogP contribution < -0.4 is 10.5 Å². The number of sulfonamides is 1. The average molecular weight is 426 g/mol. The van der Waals surface area contributed by atoms with Crippen LogP contribution in [0.1, 0.15) is 13.3 Å². The molecule has 2 aromatic heterocycles. The van der Waals surface area contributed by atoms with E-state index in [1.807, 2.05) is 6.92 Å².